The van der Waals surface area contributed by atoms with Gasteiger partial charge in [-0.05, 0) is 44.0 Å². The summed E-state index contributed by atoms with van der Waals surface area (Å²) >= 11 is 6.32. The molecule has 0 saturated carbocycles. The van der Waals surface area contributed by atoms with E-state index in [1.165, 1.54) is 18.3 Å². The maximum absolute atomic E-state index is 12.7. The van der Waals surface area contributed by atoms with Gasteiger partial charge in [0, 0.05) is 38.4 Å². The predicted molar refractivity (Wildman–Crippen MR) is 121 cm³/mol. The molecule has 1 aliphatic heterocycles. The number of anilines is 2. The van der Waals surface area contributed by atoms with Gasteiger partial charge in [0.05, 0.1) is 22.1 Å². The van der Waals surface area contributed by atoms with Crippen molar-refractivity contribution in [1.29, 1.82) is 0 Å². The van der Waals surface area contributed by atoms with Gasteiger partial charge in [0.1, 0.15) is 11.5 Å². The van der Waals surface area contributed by atoms with E-state index in [-0.39, 0.29) is 23.5 Å². The van der Waals surface area contributed by atoms with Crippen LogP contribution in [0.3, 0.4) is 0 Å². The lowest BCUT2D eigenvalue weighted by atomic mass is 10.1. The number of piperazine rings is 1. The molecule has 2 heterocycles. The fraction of sp³-hybridized carbons (Fsp3) is 0.381. The van der Waals surface area contributed by atoms with Gasteiger partial charge in [-0.15, -0.1) is 0 Å². The maximum Gasteiger partial charge on any atom is 0.339 e. The molecule has 170 valence electrons. The summed E-state index contributed by atoms with van der Waals surface area (Å²) in [7, 11) is 0. The molecule has 0 atom stereocenters. The number of hydrogen-bond donors (Lipinski definition) is 1. The third-order valence-electron chi connectivity index (χ3n) is 5.25. The van der Waals surface area contributed by atoms with E-state index in [1.54, 1.807) is 24.8 Å². The van der Waals surface area contributed by atoms with Crippen molar-refractivity contribution in [2.24, 2.45) is 0 Å². The zero-order chi connectivity index (χ0) is 23.4. The number of nitro groups is 1. The molecule has 0 unspecified atom stereocenters. The Kier molecular flexibility index (Phi) is 7.14. The summed E-state index contributed by atoms with van der Waals surface area (Å²) in [5.74, 6) is 0.0277. The molecule has 3 rings (SSSR count). The van der Waals surface area contributed by atoms with Gasteiger partial charge in [-0.25, -0.2) is 14.6 Å². The predicted octanol–water partition coefficient (Wildman–Crippen LogP) is 3.79. The lowest BCUT2D eigenvalue weighted by Gasteiger charge is -2.35. The number of nitrogens with zero attached hydrogens (tertiary/aromatic N) is 4. The van der Waals surface area contributed by atoms with Crippen molar-refractivity contribution in [3.63, 3.8) is 0 Å². The van der Waals surface area contributed by atoms with E-state index in [9.17, 15) is 19.7 Å². The van der Waals surface area contributed by atoms with Crippen LogP contribution in [0.25, 0.3) is 0 Å². The Morgan fingerprint density at radius 2 is 1.84 bits per heavy atom. The molecular weight excluding hydrogens is 438 g/mol. The van der Waals surface area contributed by atoms with Crippen LogP contribution in [0.1, 0.15) is 28.4 Å². The summed E-state index contributed by atoms with van der Waals surface area (Å²) < 4.78 is 4.95. The number of hydrogen-bond acceptors (Lipinski definition) is 7. The zero-order valence-electron chi connectivity index (χ0n) is 18.1. The minimum Gasteiger partial charge on any atom is -0.462 e. The van der Waals surface area contributed by atoms with Gasteiger partial charge in [0.2, 0.25) is 0 Å². The van der Waals surface area contributed by atoms with Crippen molar-refractivity contribution in [1.82, 2.24) is 9.88 Å². The summed E-state index contributed by atoms with van der Waals surface area (Å²) in [5, 5.41) is 14.3. The Labute approximate surface area is 190 Å². The molecule has 10 nitrogen and oxygen atoms in total. The van der Waals surface area contributed by atoms with Crippen LogP contribution in [-0.4, -0.2) is 59.6 Å². The van der Waals surface area contributed by atoms with Gasteiger partial charge in [-0.2, -0.15) is 0 Å². The van der Waals surface area contributed by atoms with Crippen LogP contribution in [0.4, 0.5) is 22.0 Å². The average Bonchev–Trinajstić information content (AvgIpc) is 2.76. The van der Waals surface area contributed by atoms with Crippen LogP contribution in [0.2, 0.25) is 5.02 Å². The lowest BCUT2D eigenvalue weighted by molar-refractivity contribution is -0.384. The first-order valence-electron chi connectivity index (χ1n) is 10.1. The molecule has 0 aliphatic carbocycles. The Hall–Kier alpha value is -3.40. The summed E-state index contributed by atoms with van der Waals surface area (Å²) in [6, 6.07) is 4.17. The van der Waals surface area contributed by atoms with Gasteiger partial charge in [0.25, 0.3) is 5.69 Å². The fourth-order valence-corrected chi connectivity index (χ4v) is 3.64. The molecule has 1 aliphatic rings. The number of esters is 1. The third-order valence-corrected chi connectivity index (χ3v) is 5.53. The Morgan fingerprint density at radius 3 is 2.44 bits per heavy atom. The Bertz CT molecular complexity index is 1050. The van der Waals surface area contributed by atoms with Crippen molar-refractivity contribution < 1.29 is 19.2 Å². The topological polar surface area (TPSA) is 118 Å². The van der Waals surface area contributed by atoms with Gasteiger partial charge < -0.3 is 19.9 Å². The molecule has 11 heteroatoms. The Balaban J connectivity index is 1.65. The second kappa shape index (κ2) is 9.82. The largest absolute Gasteiger partial charge is 0.462 e. The molecule has 1 aromatic heterocycles. The van der Waals surface area contributed by atoms with Gasteiger partial charge in [-0.3, -0.25) is 10.1 Å². The first kappa shape index (κ1) is 23.3. The number of carbonyl (C=O) groups excluding carboxylic acids is 2. The van der Waals surface area contributed by atoms with Crippen molar-refractivity contribution >= 4 is 40.8 Å². The molecule has 1 aromatic carbocycles. The van der Waals surface area contributed by atoms with Gasteiger partial charge >= 0.3 is 12.0 Å². The summed E-state index contributed by atoms with van der Waals surface area (Å²) in [6.45, 7) is 7.28. The third kappa shape index (κ3) is 5.08. The second-order valence-electron chi connectivity index (χ2n) is 7.36. The van der Waals surface area contributed by atoms with E-state index >= 15 is 0 Å². The molecule has 0 radical (unpaired) electrons. The highest BCUT2D eigenvalue weighted by Gasteiger charge is 2.26. The monoisotopic (exact) mass is 461 g/mol. The Morgan fingerprint density at radius 1 is 1.19 bits per heavy atom. The van der Waals surface area contributed by atoms with E-state index in [4.69, 9.17) is 16.3 Å². The van der Waals surface area contributed by atoms with E-state index in [0.29, 0.717) is 37.0 Å². The zero-order valence-corrected chi connectivity index (χ0v) is 18.8. The van der Waals surface area contributed by atoms with Crippen LogP contribution in [-0.2, 0) is 4.74 Å². The van der Waals surface area contributed by atoms with Crippen LogP contribution >= 0.6 is 11.6 Å². The van der Waals surface area contributed by atoms with Gasteiger partial charge in [-0.1, -0.05) is 11.6 Å². The van der Waals surface area contributed by atoms with Gasteiger partial charge in [0.15, 0.2) is 0 Å². The molecule has 0 spiro atoms. The SMILES string of the molecule is CCOC(=O)c1cnc(N2CCN(C(=O)Nc3cc(C)c(C)cc3[N+](=O)[O-])CC2)c(Cl)c1. The molecule has 1 N–H and O–H groups in total. The minimum absolute atomic E-state index is 0.141. The number of carbonyl (C=O) groups is 2. The van der Waals surface area contributed by atoms with E-state index in [2.05, 4.69) is 10.3 Å². The van der Waals surface area contributed by atoms with Crippen LogP contribution < -0.4 is 10.2 Å². The average molecular weight is 462 g/mol. The number of nitro benzene ring substituents is 1. The van der Waals surface area contributed by atoms with Crippen molar-refractivity contribution in [2.45, 2.75) is 20.8 Å². The number of aryl methyl sites for hydroxylation is 2. The van der Waals surface area contributed by atoms with E-state index in [0.717, 1.165) is 11.1 Å². The molecule has 2 aromatic rings. The number of amides is 2. The molecule has 1 saturated heterocycles. The summed E-state index contributed by atoms with van der Waals surface area (Å²) in [6.07, 6.45) is 1.41. The second-order valence-corrected chi connectivity index (χ2v) is 7.77. The standard InChI is InChI=1S/C21H24ClN5O5/c1-4-32-20(28)15-11-16(22)19(23-12-15)25-5-7-26(8-6-25)21(29)24-17-9-13(2)14(3)10-18(17)27(30)31/h9-12H,4-8H2,1-3H3,(H,24,29). The van der Waals surface area contributed by atoms with Crippen molar-refractivity contribution in [2.75, 3.05) is 43.0 Å². The molecule has 32 heavy (non-hydrogen) atoms. The highest BCUT2D eigenvalue weighted by molar-refractivity contribution is 6.33. The first-order valence-corrected chi connectivity index (χ1v) is 10.5. The molecule has 2 amide bonds. The number of aromatic nitrogens is 1. The lowest BCUT2D eigenvalue weighted by Crippen LogP contribution is -2.50. The van der Waals surface area contributed by atoms with Crippen LogP contribution in [0.15, 0.2) is 24.4 Å². The molecule has 0 bridgehead atoms. The number of ether oxygens (including phenoxy) is 1. The highest BCUT2D eigenvalue weighted by atomic mass is 35.5. The van der Waals surface area contributed by atoms with Crippen molar-refractivity contribution in [3.8, 4) is 0 Å². The number of rotatable bonds is 5. The van der Waals surface area contributed by atoms with Crippen LogP contribution in [0.5, 0.6) is 0 Å². The summed E-state index contributed by atoms with van der Waals surface area (Å²) in [4.78, 5) is 43.2. The molecule has 1 fully saturated rings. The normalized spacial score (nSPS) is 13.6. The van der Waals surface area contributed by atoms with Crippen LogP contribution in [0, 0.1) is 24.0 Å². The number of benzene rings is 1. The number of nitrogens with one attached hydrogen (secondary N) is 1. The molecular formula is C21H24ClN5O5. The number of pyridine rings is 1. The minimum atomic E-state index is -0.506. The highest BCUT2D eigenvalue weighted by Crippen LogP contribution is 2.29. The van der Waals surface area contributed by atoms with E-state index < -0.39 is 16.9 Å². The smallest absolute Gasteiger partial charge is 0.339 e. The van der Waals surface area contributed by atoms with Crippen molar-refractivity contribution in [3.05, 3.63) is 56.2 Å². The maximum atomic E-state index is 12.7. The quantitative estimate of drug-likeness (QED) is 0.408. The fourth-order valence-electron chi connectivity index (χ4n) is 3.36. The van der Waals surface area contributed by atoms with E-state index in [1.807, 2.05) is 11.8 Å². The summed E-state index contributed by atoms with van der Waals surface area (Å²) in [5.41, 5.74) is 1.93. The first-order chi connectivity index (χ1) is 15.2. The number of urea groups is 1. The number of halogens is 1.